The summed E-state index contributed by atoms with van der Waals surface area (Å²) in [5.41, 5.74) is 0. The smallest absolute Gasteiger partial charge is 0.0317 e. The van der Waals surface area contributed by atoms with Crippen LogP contribution >= 0.6 is 27.3 Å². The lowest BCUT2D eigenvalue weighted by atomic mass is 10.1. The van der Waals surface area contributed by atoms with Crippen molar-refractivity contribution in [1.82, 2.24) is 5.32 Å². The van der Waals surface area contributed by atoms with E-state index in [4.69, 9.17) is 0 Å². The van der Waals surface area contributed by atoms with Gasteiger partial charge in [-0.2, -0.15) is 0 Å². The first-order valence-electron chi connectivity index (χ1n) is 5.27. The summed E-state index contributed by atoms with van der Waals surface area (Å²) in [6, 6.07) is 2.92. The van der Waals surface area contributed by atoms with E-state index in [0.29, 0.717) is 0 Å². The van der Waals surface area contributed by atoms with Crippen molar-refractivity contribution in [3.8, 4) is 0 Å². The van der Waals surface area contributed by atoms with Crippen molar-refractivity contribution in [3.05, 3.63) is 20.8 Å². The summed E-state index contributed by atoms with van der Waals surface area (Å²) < 4.78 is 1.31. The number of rotatable bonds is 3. The van der Waals surface area contributed by atoms with Gasteiger partial charge in [-0.1, -0.05) is 6.92 Å². The summed E-state index contributed by atoms with van der Waals surface area (Å²) in [5.74, 6) is 0.786. The Bertz CT molecular complexity index is 297. The Kier molecular flexibility index (Phi) is 3.63. The predicted octanol–water partition coefficient (Wildman–Crippen LogP) is 3.76. The van der Waals surface area contributed by atoms with Gasteiger partial charge in [0.2, 0.25) is 0 Å². The Balaban J connectivity index is 1.99. The van der Waals surface area contributed by atoms with E-state index in [1.807, 2.05) is 11.3 Å². The van der Waals surface area contributed by atoms with Crippen LogP contribution in [0.5, 0.6) is 0 Å². The molecule has 1 aromatic rings. The largest absolute Gasteiger partial charge is 0.314 e. The lowest BCUT2D eigenvalue weighted by molar-refractivity contribution is 0.536. The molecule has 0 amide bonds. The second-order valence-corrected chi connectivity index (χ2v) is 5.70. The van der Waals surface area contributed by atoms with Gasteiger partial charge in [0.05, 0.1) is 0 Å². The fourth-order valence-electron chi connectivity index (χ4n) is 2.29. The van der Waals surface area contributed by atoms with Crippen molar-refractivity contribution in [3.63, 3.8) is 0 Å². The minimum absolute atomic E-state index is 0.749. The third kappa shape index (κ3) is 2.20. The number of hydrogen-bond donors (Lipinski definition) is 1. The van der Waals surface area contributed by atoms with E-state index in [1.165, 1.54) is 23.7 Å². The third-order valence-corrected chi connectivity index (χ3v) is 4.97. The molecule has 0 bridgehead atoms. The Morgan fingerprint density at radius 1 is 1.57 bits per heavy atom. The molecule has 2 rings (SSSR count). The minimum Gasteiger partial charge on any atom is -0.314 e. The van der Waals surface area contributed by atoms with E-state index >= 15 is 0 Å². The fraction of sp³-hybridized carbons (Fsp3) is 0.636. The Hall–Kier alpha value is 0.140. The van der Waals surface area contributed by atoms with Gasteiger partial charge in [-0.25, -0.2) is 0 Å². The number of nitrogens with one attached hydrogen (secondary N) is 1. The zero-order chi connectivity index (χ0) is 9.97. The second-order valence-electron chi connectivity index (χ2n) is 3.90. The van der Waals surface area contributed by atoms with Crippen LogP contribution in [0.2, 0.25) is 0 Å². The summed E-state index contributed by atoms with van der Waals surface area (Å²) in [5, 5.41) is 5.73. The zero-order valence-corrected chi connectivity index (χ0v) is 10.8. The number of halogens is 1. The molecule has 78 valence electrons. The highest BCUT2D eigenvalue weighted by molar-refractivity contribution is 9.10. The summed E-state index contributed by atoms with van der Waals surface area (Å²) in [6.07, 6.45) is 3.99. The first-order valence-corrected chi connectivity index (χ1v) is 6.94. The molecule has 3 heteroatoms. The van der Waals surface area contributed by atoms with Crippen LogP contribution < -0.4 is 5.32 Å². The van der Waals surface area contributed by atoms with E-state index in [2.05, 4.69) is 39.6 Å². The van der Waals surface area contributed by atoms with E-state index in [9.17, 15) is 0 Å². The maximum absolute atomic E-state index is 3.63. The van der Waals surface area contributed by atoms with Gasteiger partial charge in [-0.05, 0) is 59.1 Å². The van der Waals surface area contributed by atoms with E-state index < -0.39 is 0 Å². The highest BCUT2D eigenvalue weighted by atomic mass is 79.9. The van der Waals surface area contributed by atoms with E-state index in [1.54, 1.807) is 4.88 Å². The molecule has 1 aliphatic carbocycles. The lowest BCUT2D eigenvalue weighted by Crippen LogP contribution is -2.25. The van der Waals surface area contributed by atoms with Crippen molar-refractivity contribution in [1.29, 1.82) is 0 Å². The third-order valence-electron chi connectivity index (χ3n) is 2.94. The molecule has 0 saturated heterocycles. The van der Waals surface area contributed by atoms with Gasteiger partial charge < -0.3 is 5.32 Å². The van der Waals surface area contributed by atoms with Crippen LogP contribution in [0, 0.1) is 0 Å². The van der Waals surface area contributed by atoms with E-state index in [-0.39, 0.29) is 0 Å². The highest BCUT2D eigenvalue weighted by Gasteiger charge is 2.26. The van der Waals surface area contributed by atoms with Crippen molar-refractivity contribution in [2.45, 2.75) is 38.1 Å². The molecule has 0 aliphatic heterocycles. The maximum Gasteiger partial charge on any atom is 0.0317 e. The monoisotopic (exact) mass is 273 g/mol. The standard InChI is InChI=1S/C11H16BrNS/c1-2-13-9-4-3-8(7-9)11-10(12)5-6-14-11/h5-6,8-9,13H,2-4,7H2,1H3. The van der Waals surface area contributed by atoms with Gasteiger partial charge in [-0.15, -0.1) is 11.3 Å². The molecule has 14 heavy (non-hydrogen) atoms. The van der Waals surface area contributed by atoms with Gasteiger partial charge in [-0.3, -0.25) is 0 Å². The van der Waals surface area contributed by atoms with Crippen LogP contribution in [0.15, 0.2) is 15.9 Å². The fourth-order valence-corrected chi connectivity index (χ4v) is 4.14. The molecule has 0 radical (unpaired) electrons. The Morgan fingerprint density at radius 2 is 2.43 bits per heavy atom. The second kappa shape index (κ2) is 4.77. The molecule has 1 aliphatic rings. The maximum atomic E-state index is 3.63. The average molecular weight is 274 g/mol. The SMILES string of the molecule is CCNC1CCC(c2sccc2Br)C1. The summed E-state index contributed by atoms with van der Waals surface area (Å²) in [4.78, 5) is 1.55. The van der Waals surface area contributed by atoms with Gasteiger partial charge >= 0.3 is 0 Å². The first-order chi connectivity index (χ1) is 6.81. The molecule has 1 nitrogen and oxygen atoms in total. The van der Waals surface area contributed by atoms with Gasteiger partial charge in [0.25, 0.3) is 0 Å². The number of thiophene rings is 1. The Morgan fingerprint density at radius 3 is 3.07 bits per heavy atom. The minimum atomic E-state index is 0.749. The molecule has 2 atom stereocenters. The highest BCUT2D eigenvalue weighted by Crippen LogP contribution is 2.40. The molecule has 1 heterocycles. The Labute approximate surface area is 98.0 Å². The predicted molar refractivity (Wildman–Crippen MR) is 66.1 cm³/mol. The zero-order valence-electron chi connectivity index (χ0n) is 8.42. The quantitative estimate of drug-likeness (QED) is 0.885. The van der Waals surface area contributed by atoms with Gasteiger partial charge in [0.1, 0.15) is 0 Å². The van der Waals surface area contributed by atoms with Crippen molar-refractivity contribution in [2.75, 3.05) is 6.54 Å². The lowest BCUT2D eigenvalue weighted by Gasteiger charge is -2.11. The molecule has 1 saturated carbocycles. The van der Waals surface area contributed by atoms with Crippen LogP contribution in [0.25, 0.3) is 0 Å². The summed E-state index contributed by atoms with van der Waals surface area (Å²) in [7, 11) is 0. The molecule has 1 N–H and O–H groups in total. The normalized spacial score (nSPS) is 27.0. The molecule has 1 aromatic heterocycles. The van der Waals surface area contributed by atoms with Crippen molar-refractivity contribution >= 4 is 27.3 Å². The molecular weight excluding hydrogens is 258 g/mol. The molecule has 0 spiro atoms. The van der Waals surface area contributed by atoms with E-state index in [0.717, 1.165) is 18.5 Å². The van der Waals surface area contributed by atoms with Crippen molar-refractivity contribution < 1.29 is 0 Å². The topological polar surface area (TPSA) is 12.0 Å². The van der Waals surface area contributed by atoms with Crippen LogP contribution in [-0.2, 0) is 0 Å². The van der Waals surface area contributed by atoms with Gasteiger partial charge in [0.15, 0.2) is 0 Å². The van der Waals surface area contributed by atoms with Gasteiger partial charge in [0, 0.05) is 15.4 Å². The first kappa shape index (κ1) is 10.7. The van der Waals surface area contributed by atoms with Crippen LogP contribution in [0.1, 0.15) is 37.0 Å². The van der Waals surface area contributed by atoms with Crippen LogP contribution in [0.3, 0.4) is 0 Å². The van der Waals surface area contributed by atoms with Crippen molar-refractivity contribution in [2.24, 2.45) is 0 Å². The molecule has 1 fully saturated rings. The summed E-state index contributed by atoms with van der Waals surface area (Å²) >= 11 is 5.52. The molecular formula is C11H16BrNS. The summed E-state index contributed by atoms with van der Waals surface area (Å²) in [6.45, 7) is 3.29. The molecule has 2 unspecified atom stereocenters. The average Bonchev–Trinajstić information content (AvgIpc) is 2.74. The van der Waals surface area contributed by atoms with Crippen LogP contribution in [0.4, 0.5) is 0 Å². The van der Waals surface area contributed by atoms with Crippen LogP contribution in [-0.4, -0.2) is 12.6 Å². The number of hydrogen-bond acceptors (Lipinski definition) is 2. The molecule has 0 aromatic carbocycles.